The molecule has 0 aliphatic heterocycles. The molecule has 0 bridgehead atoms. The summed E-state index contributed by atoms with van der Waals surface area (Å²) < 4.78 is 7.19. The standard InChI is InChI=1S/C21H21N3O3S/c1-13-23-20-19(17-3-2-4-18(17)28-20)21(26)24(13)11-15(25)12-27-16-7-5-14(6-8-16)9-10-22/h5-8,15,25H,2-4,9,11-12H2,1H3/t15-/m0/s1. The molecule has 6 nitrogen and oxygen atoms in total. The second-order valence-corrected chi connectivity index (χ2v) is 8.14. The van der Waals surface area contributed by atoms with Crippen LogP contribution >= 0.6 is 11.3 Å². The number of aliphatic hydroxyl groups excluding tert-OH is 1. The molecule has 28 heavy (non-hydrogen) atoms. The Morgan fingerprint density at radius 2 is 2.14 bits per heavy atom. The minimum Gasteiger partial charge on any atom is -0.491 e. The lowest BCUT2D eigenvalue weighted by molar-refractivity contribution is 0.0909. The molecule has 0 radical (unpaired) electrons. The average Bonchev–Trinajstić information content (AvgIpc) is 3.25. The van der Waals surface area contributed by atoms with Gasteiger partial charge in [-0.1, -0.05) is 12.1 Å². The Bertz CT molecular complexity index is 1110. The fraction of sp³-hybridized carbons (Fsp3) is 0.381. The van der Waals surface area contributed by atoms with Gasteiger partial charge in [0.25, 0.3) is 5.56 Å². The SMILES string of the molecule is Cc1nc2sc3c(c2c(=O)n1C[C@H](O)COc1ccc(CC#N)cc1)CCC3. The number of hydrogen-bond acceptors (Lipinski definition) is 6. The predicted octanol–water partition coefficient (Wildman–Crippen LogP) is 2.76. The van der Waals surface area contributed by atoms with Crippen LogP contribution in [0.3, 0.4) is 0 Å². The number of nitriles is 1. The summed E-state index contributed by atoms with van der Waals surface area (Å²) in [5, 5.41) is 19.8. The van der Waals surface area contributed by atoms with Crippen LogP contribution in [0.5, 0.6) is 5.75 Å². The van der Waals surface area contributed by atoms with Crippen LogP contribution in [0.4, 0.5) is 0 Å². The van der Waals surface area contributed by atoms with Crippen molar-refractivity contribution in [3.8, 4) is 11.8 Å². The van der Waals surface area contributed by atoms with Gasteiger partial charge in [-0.25, -0.2) is 4.98 Å². The summed E-state index contributed by atoms with van der Waals surface area (Å²) in [7, 11) is 0. The normalized spacial score (nSPS) is 14.0. The molecule has 0 saturated heterocycles. The number of aromatic nitrogens is 2. The van der Waals surface area contributed by atoms with Gasteiger partial charge in [0, 0.05) is 4.88 Å². The molecule has 2 heterocycles. The van der Waals surface area contributed by atoms with Gasteiger partial charge in [0.1, 0.15) is 29.1 Å². The highest BCUT2D eigenvalue weighted by Gasteiger charge is 2.23. The van der Waals surface area contributed by atoms with Crippen LogP contribution in [0.25, 0.3) is 10.2 Å². The summed E-state index contributed by atoms with van der Waals surface area (Å²) in [6.45, 7) is 2.02. The molecule has 7 heteroatoms. The predicted molar refractivity (Wildman–Crippen MR) is 108 cm³/mol. The lowest BCUT2D eigenvalue weighted by Crippen LogP contribution is -2.32. The van der Waals surface area contributed by atoms with E-state index in [2.05, 4.69) is 11.1 Å². The summed E-state index contributed by atoms with van der Waals surface area (Å²) in [6.07, 6.45) is 2.57. The van der Waals surface area contributed by atoms with E-state index in [1.54, 1.807) is 35.0 Å². The fourth-order valence-corrected chi connectivity index (χ4v) is 4.94. The van der Waals surface area contributed by atoms with Crippen LogP contribution in [0.15, 0.2) is 29.1 Å². The quantitative estimate of drug-likeness (QED) is 0.693. The molecule has 1 N–H and O–H groups in total. The van der Waals surface area contributed by atoms with E-state index in [9.17, 15) is 9.90 Å². The van der Waals surface area contributed by atoms with E-state index in [0.717, 1.165) is 40.6 Å². The maximum absolute atomic E-state index is 13.0. The molecular formula is C21H21N3O3S. The summed E-state index contributed by atoms with van der Waals surface area (Å²) in [6, 6.07) is 9.31. The Morgan fingerprint density at radius 1 is 1.36 bits per heavy atom. The van der Waals surface area contributed by atoms with E-state index < -0.39 is 6.10 Å². The third-order valence-corrected chi connectivity index (χ3v) is 6.24. The van der Waals surface area contributed by atoms with Gasteiger partial charge in [-0.15, -0.1) is 11.3 Å². The zero-order valence-corrected chi connectivity index (χ0v) is 16.5. The van der Waals surface area contributed by atoms with Crippen molar-refractivity contribution in [2.45, 2.75) is 45.3 Å². The van der Waals surface area contributed by atoms with Crippen molar-refractivity contribution in [1.29, 1.82) is 5.26 Å². The Labute approximate surface area is 166 Å². The summed E-state index contributed by atoms with van der Waals surface area (Å²) >= 11 is 1.62. The molecule has 144 valence electrons. The Hall–Kier alpha value is -2.69. The van der Waals surface area contributed by atoms with Crippen molar-refractivity contribution in [2.75, 3.05) is 6.61 Å². The van der Waals surface area contributed by atoms with Crippen LogP contribution in [0.2, 0.25) is 0 Å². The first-order valence-electron chi connectivity index (χ1n) is 9.35. The van der Waals surface area contributed by atoms with E-state index in [1.807, 2.05) is 12.1 Å². The maximum Gasteiger partial charge on any atom is 0.262 e. The van der Waals surface area contributed by atoms with Gasteiger partial charge in [0.15, 0.2) is 0 Å². The van der Waals surface area contributed by atoms with E-state index in [0.29, 0.717) is 18.0 Å². The summed E-state index contributed by atoms with van der Waals surface area (Å²) in [5.74, 6) is 1.23. The molecular weight excluding hydrogens is 374 g/mol. The van der Waals surface area contributed by atoms with Crippen LogP contribution in [0, 0.1) is 18.3 Å². The lowest BCUT2D eigenvalue weighted by Gasteiger charge is -2.16. The summed E-state index contributed by atoms with van der Waals surface area (Å²) in [5.41, 5.74) is 2.00. The zero-order valence-electron chi connectivity index (χ0n) is 15.6. The summed E-state index contributed by atoms with van der Waals surface area (Å²) in [4.78, 5) is 19.7. The Balaban J connectivity index is 1.48. The second-order valence-electron chi connectivity index (χ2n) is 7.06. The van der Waals surface area contributed by atoms with Gasteiger partial charge in [-0.05, 0) is 49.4 Å². The molecule has 1 atom stereocenters. The van der Waals surface area contributed by atoms with Crippen molar-refractivity contribution in [2.24, 2.45) is 0 Å². The van der Waals surface area contributed by atoms with Crippen LogP contribution in [-0.4, -0.2) is 27.4 Å². The number of nitrogens with zero attached hydrogens (tertiary/aromatic N) is 3. The first-order chi connectivity index (χ1) is 13.6. The Morgan fingerprint density at radius 3 is 2.89 bits per heavy atom. The van der Waals surface area contributed by atoms with Crippen LogP contribution < -0.4 is 10.3 Å². The molecule has 1 aliphatic carbocycles. The highest BCUT2D eigenvalue weighted by atomic mass is 32.1. The second kappa shape index (κ2) is 7.74. The maximum atomic E-state index is 13.0. The van der Waals surface area contributed by atoms with E-state index in [4.69, 9.17) is 10.00 Å². The third kappa shape index (κ3) is 3.53. The van der Waals surface area contributed by atoms with E-state index in [1.165, 1.54) is 4.88 Å². The molecule has 0 fully saturated rings. The van der Waals surface area contributed by atoms with Gasteiger partial charge in [0.05, 0.1) is 24.4 Å². The molecule has 0 unspecified atom stereocenters. The van der Waals surface area contributed by atoms with Crippen molar-refractivity contribution >= 4 is 21.6 Å². The van der Waals surface area contributed by atoms with Crippen LogP contribution in [-0.2, 0) is 25.8 Å². The monoisotopic (exact) mass is 395 g/mol. The van der Waals surface area contributed by atoms with Crippen molar-refractivity contribution < 1.29 is 9.84 Å². The molecule has 0 spiro atoms. The number of aryl methyl sites for hydroxylation is 3. The van der Waals surface area contributed by atoms with Gasteiger partial charge < -0.3 is 9.84 Å². The van der Waals surface area contributed by atoms with Crippen molar-refractivity contribution in [3.05, 3.63) is 56.4 Å². The molecule has 1 aromatic carbocycles. The van der Waals surface area contributed by atoms with Crippen molar-refractivity contribution in [3.63, 3.8) is 0 Å². The molecule has 4 rings (SSSR count). The molecule has 2 aromatic heterocycles. The molecule has 1 aliphatic rings. The first-order valence-corrected chi connectivity index (χ1v) is 10.2. The number of benzene rings is 1. The number of ether oxygens (including phenoxy) is 1. The molecule has 0 amide bonds. The zero-order chi connectivity index (χ0) is 19.7. The number of hydrogen-bond donors (Lipinski definition) is 1. The number of fused-ring (bicyclic) bond motifs is 3. The average molecular weight is 395 g/mol. The lowest BCUT2D eigenvalue weighted by atomic mass is 10.2. The van der Waals surface area contributed by atoms with Crippen molar-refractivity contribution in [1.82, 2.24) is 9.55 Å². The first kappa shape index (κ1) is 18.7. The minimum absolute atomic E-state index is 0.0678. The number of aliphatic hydroxyl groups is 1. The van der Waals surface area contributed by atoms with Gasteiger partial charge in [-0.3, -0.25) is 9.36 Å². The minimum atomic E-state index is -0.832. The molecule has 3 aromatic rings. The largest absolute Gasteiger partial charge is 0.491 e. The van der Waals surface area contributed by atoms with Gasteiger partial charge in [-0.2, -0.15) is 5.26 Å². The number of rotatable bonds is 6. The Kier molecular flexibility index (Phi) is 5.16. The smallest absolute Gasteiger partial charge is 0.262 e. The molecule has 0 saturated carbocycles. The third-order valence-electron chi connectivity index (χ3n) is 5.06. The van der Waals surface area contributed by atoms with Gasteiger partial charge >= 0.3 is 0 Å². The number of thiophene rings is 1. The fourth-order valence-electron chi connectivity index (χ4n) is 3.64. The highest BCUT2D eigenvalue weighted by molar-refractivity contribution is 7.18. The van der Waals surface area contributed by atoms with E-state index in [-0.39, 0.29) is 18.7 Å². The topological polar surface area (TPSA) is 88.1 Å². The van der Waals surface area contributed by atoms with E-state index >= 15 is 0 Å². The highest BCUT2D eigenvalue weighted by Crippen LogP contribution is 2.34. The van der Waals surface area contributed by atoms with Crippen LogP contribution in [0.1, 0.15) is 28.2 Å². The van der Waals surface area contributed by atoms with Gasteiger partial charge in [0.2, 0.25) is 0 Å².